The van der Waals surface area contributed by atoms with Gasteiger partial charge >= 0.3 is 0 Å². The molecule has 0 atom stereocenters. The topological polar surface area (TPSA) is 64.1 Å². The van der Waals surface area contributed by atoms with Crippen molar-refractivity contribution in [3.63, 3.8) is 0 Å². The van der Waals surface area contributed by atoms with Crippen LogP contribution in [0.1, 0.15) is 27.9 Å². The number of carbonyl (C=O) groups excluding carboxylic acids is 1. The number of thiazole rings is 1. The lowest BCUT2D eigenvalue weighted by Gasteiger charge is -2.05. The third-order valence-electron chi connectivity index (χ3n) is 4.55. The molecule has 29 heavy (non-hydrogen) atoms. The van der Waals surface area contributed by atoms with Gasteiger partial charge < -0.3 is 4.74 Å². The average molecular weight is 404 g/mol. The van der Waals surface area contributed by atoms with Crippen LogP contribution < -0.4 is 10.1 Å². The molecule has 1 N–H and O–H groups in total. The normalized spacial score (nSPS) is 10.9. The molecule has 2 aromatic heterocycles. The molecule has 0 fully saturated rings. The van der Waals surface area contributed by atoms with Gasteiger partial charge in [-0.3, -0.25) is 15.1 Å². The van der Waals surface area contributed by atoms with Gasteiger partial charge in [-0.15, -0.1) is 11.3 Å². The Bertz CT molecular complexity index is 1180. The number of benzene rings is 2. The minimum absolute atomic E-state index is 0.192. The fraction of sp³-hybridized carbons (Fsp3) is 0.174. The van der Waals surface area contributed by atoms with E-state index in [2.05, 4.69) is 15.3 Å². The molecule has 146 valence electrons. The monoisotopic (exact) mass is 403 g/mol. The number of nitrogens with zero attached hydrogens (tertiary/aromatic N) is 2. The van der Waals surface area contributed by atoms with E-state index in [0.29, 0.717) is 17.3 Å². The largest absolute Gasteiger partial charge is 0.494 e. The molecule has 0 aliphatic heterocycles. The van der Waals surface area contributed by atoms with Gasteiger partial charge in [-0.25, -0.2) is 4.98 Å². The van der Waals surface area contributed by atoms with Crippen molar-refractivity contribution in [3.8, 4) is 17.0 Å². The van der Waals surface area contributed by atoms with E-state index in [-0.39, 0.29) is 5.91 Å². The number of ether oxygens (including phenoxy) is 1. The van der Waals surface area contributed by atoms with Crippen LogP contribution in [0.25, 0.3) is 22.2 Å². The Morgan fingerprint density at radius 3 is 2.55 bits per heavy atom. The predicted molar refractivity (Wildman–Crippen MR) is 118 cm³/mol. The van der Waals surface area contributed by atoms with Gasteiger partial charge in [0, 0.05) is 27.1 Å². The lowest BCUT2D eigenvalue weighted by molar-refractivity contribution is 0.102. The van der Waals surface area contributed by atoms with Crippen LogP contribution >= 0.6 is 11.3 Å². The summed E-state index contributed by atoms with van der Waals surface area (Å²) < 4.78 is 5.49. The van der Waals surface area contributed by atoms with Crippen LogP contribution in [0, 0.1) is 13.8 Å². The van der Waals surface area contributed by atoms with Crippen molar-refractivity contribution in [2.24, 2.45) is 0 Å². The molecule has 1 amide bonds. The lowest BCUT2D eigenvalue weighted by Crippen LogP contribution is -2.11. The summed E-state index contributed by atoms with van der Waals surface area (Å²) in [5.74, 6) is 0.639. The lowest BCUT2D eigenvalue weighted by atomic mass is 10.1. The number of pyridine rings is 1. The first kappa shape index (κ1) is 19.1. The second kappa shape index (κ2) is 8.01. The number of hydrogen-bond acceptors (Lipinski definition) is 5. The third-order valence-corrected chi connectivity index (χ3v) is 5.44. The van der Waals surface area contributed by atoms with E-state index >= 15 is 0 Å². The highest BCUT2D eigenvalue weighted by molar-refractivity contribution is 7.16. The minimum atomic E-state index is -0.192. The molecule has 0 unspecified atom stereocenters. The Balaban J connectivity index is 1.55. The van der Waals surface area contributed by atoms with Gasteiger partial charge in [-0.1, -0.05) is 12.1 Å². The fourth-order valence-corrected chi connectivity index (χ4v) is 3.95. The van der Waals surface area contributed by atoms with Gasteiger partial charge in [0.2, 0.25) is 0 Å². The van der Waals surface area contributed by atoms with Gasteiger partial charge in [0.1, 0.15) is 5.75 Å². The van der Waals surface area contributed by atoms with Crippen molar-refractivity contribution in [2.45, 2.75) is 20.8 Å². The summed E-state index contributed by atoms with van der Waals surface area (Å²) in [7, 11) is 0. The van der Waals surface area contributed by atoms with Gasteiger partial charge in [0.15, 0.2) is 5.13 Å². The summed E-state index contributed by atoms with van der Waals surface area (Å²) in [6.07, 6.45) is 0. The first-order chi connectivity index (χ1) is 14.0. The smallest absolute Gasteiger partial charge is 0.257 e. The molecule has 6 heteroatoms. The maximum Gasteiger partial charge on any atom is 0.257 e. The Kier molecular flexibility index (Phi) is 5.27. The van der Waals surface area contributed by atoms with E-state index < -0.39 is 0 Å². The molecule has 5 nitrogen and oxygen atoms in total. The van der Waals surface area contributed by atoms with Crippen LogP contribution in [0.15, 0.2) is 54.6 Å². The number of nitrogens with one attached hydrogen (secondary N) is 1. The molecular weight excluding hydrogens is 382 g/mol. The van der Waals surface area contributed by atoms with Crippen molar-refractivity contribution < 1.29 is 9.53 Å². The van der Waals surface area contributed by atoms with Crippen LogP contribution in [-0.2, 0) is 0 Å². The highest BCUT2D eigenvalue weighted by Crippen LogP contribution is 2.31. The van der Waals surface area contributed by atoms with E-state index in [0.717, 1.165) is 38.5 Å². The van der Waals surface area contributed by atoms with E-state index in [1.165, 1.54) is 11.3 Å². The number of aromatic nitrogens is 2. The number of fused-ring (bicyclic) bond motifs is 1. The first-order valence-electron chi connectivity index (χ1n) is 9.43. The highest BCUT2D eigenvalue weighted by Gasteiger charge is 2.14. The Hall–Kier alpha value is -3.25. The molecule has 0 saturated carbocycles. The van der Waals surface area contributed by atoms with Crippen LogP contribution in [-0.4, -0.2) is 22.5 Å². The second-order valence-corrected chi connectivity index (χ2v) is 7.90. The molecule has 0 spiro atoms. The second-order valence-electron chi connectivity index (χ2n) is 6.70. The SMILES string of the molecule is CCOc1ccc(-c2nc(NC(=O)c3ccc4ccc(C)nc4c3)sc2C)cc1. The quantitative estimate of drug-likeness (QED) is 0.469. The number of hydrogen-bond donors (Lipinski definition) is 1. The molecule has 2 aromatic carbocycles. The maximum atomic E-state index is 12.7. The summed E-state index contributed by atoms with van der Waals surface area (Å²) in [5, 5.41) is 4.50. The molecule has 0 bridgehead atoms. The molecule has 0 aliphatic carbocycles. The third kappa shape index (κ3) is 4.12. The predicted octanol–water partition coefficient (Wildman–Crippen LogP) is 5.63. The average Bonchev–Trinajstić information content (AvgIpc) is 3.08. The summed E-state index contributed by atoms with van der Waals surface area (Å²) in [5.41, 5.74) is 4.15. The number of anilines is 1. The number of carbonyl (C=O) groups is 1. The number of amides is 1. The molecule has 0 saturated heterocycles. The van der Waals surface area contributed by atoms with E-state index in [4.69, 9.17) is 4.74 Å². The zero-order valence-corrected chi connectivity index (χ0v) is 17.3. The van der Waals surface area contributed by atoms with Crippen LogP contribution in [0.2, 0.25) is 0 Å². The van der Waals surface area contributed by atoms with E-state index in [1.807, 2.05) is 75.4 Å². The number of rotatable bonds is 5. The van der Waals surface area contributed by atoms with Gasteiger partial charge in [0.25, 0.3) is 5.91 Å². The van der Waals surface area contributed by atoms with E-state index in [1.54, 1.807) is 0 Å². The zero-order chi connectivity index (χ0) is 20.4. The molecule has 2 heterocycles. The standard InChI is InChI=1S/C23H21N3O2S/c1-4-28-19-11-9-17(10-12-19)21-15(3)29-23(25-21)26-22(27)18-8-7-16-6-5-14(2)24-20(16)13-18/h5-13H,4H2,1-3H3,(H,25,26,27). The Labute approximate surface area is 173 Å². The van der Waals surface area contributed by atoms with Crippen molar-refractivity contribution >= 4 is 33.3 Å². The Morgan fingerprint density at radius 2 is 1.79 bits per heavy atom. The van der Waals surface area contributed by atoms with E-state index in [9.17, 15) is 4.79 Å². The highest BCUT2D eigenvalue weighted by atomic mass is 32.1. The molecule has 0 aliphatic rings. The molecule has 4 aromatic rings. The van der Waals surface area contributed by atoms with Gasteiger partial charge in [0.05, 0.1) is 17.8 Å². The summed E-state index contributed by atoms with van der Waals surface area (Å²) in [6.45, 7) is 6.53. The first-order valence-corrected chi connectivity index (χ1v) is 10.2. The van der Waals surface area contributed by atoms with Crippen molar-refractivity contribution in [2.75, 3.05) is 11.9 Å². The molecule has 0 radical (unpaired) electrons. The molecule has 4 rings (SSSR count). The van der Waals surface area contributed by atoms with Crippen LogP contribution in [0.4, 0.5) is 5.13 Å². The summed E-state index contributed by atoms with van der Waals surface area (Å²) in [4.78, 5) is 22.9. The van der Waals surface area contributed by atoms with Crippen molar-refractivity contribution in [3.05, 3.63) is 70.7 Å². The maximum absolute atomic E-state index is 12.7. The van der Waals surface area contributed by atoms with Gasteiger partial charge in [-0.2, -0.15) is 0 Å². The Morgan fingerprint density at radius 1 is 1.03 bits per heavy atom. The summed E-state index contributed by atoms with van der Waals surface area (Å²) >= 11 is 1.46. The van der Waals surface area contributed by atoms with Crippen LogP contribution in [0.3, 0.4) is 0 Å². The van der Waals surface area contributed by atoms with Crippen molar-refractivity contribution in [1.29, 1.82) is 0 Å². The summed E-state index contributed by atoms with van der Waals surface area (Å²) in [6, 6.07) is 17.3. The van der Waals surface area contributed by atoms with Crippen molar-refractivity contribution in [1.82, 2.24) is 9.97 Å². The van der Waals surface area contributed by atoms with Gasteiger partial charge in [-0.05, 0) is 63.2 Å². The minimum Gasteiger partial charge on any atom is -0.494 e. The van der Waals surface area contributed by atoms with Crippen LogP contribution in [0.5, 0.6) is 5.75 Å². The fourth-order valence-electron chi connectivity index (χ4n) is 3.12. The number of aryl methyl sites for hydroxylation is 2. The zero-order valence-electron chi connectivity index (χ0n) is 16.5. The molecular formula is C23H21N3O2S.